The molecule has 0 saturated carbocycles. The average Bonchev–Trinajstić information content (AvgIpc) is 3.03. The summed E-state index contributed by atoms with van der Waals surface area (Å²) in [5.74, 6) is 0.795. The summed E-state index contributed by atoms with van der Waals surface area (Å²) >= 11 is 0. The van der Waals surface area contributed by atoms with E-state index in [1.165, 1.54) is 5.56 Å². The largest absolute Gasteiger partial charge is 0.378 e. The number of hydrogen-bond acceptors (Lipinski definition) is 5. The van der Waals surface area contributed by atoms with E-state index in [2.05, 4.69) is 58.7 Å². The van der Waals surface area contributed by atoms with Gasteiger partial charge in [0.2, 0.25) is 11.9 Å². The van der Waals surface area contributed by atoms with E-state index in [9.17, 15) is 4.79 Å². The molecule has 2 heterocycles. The molecular weight excluding hydrogens is 354 g/mol. The Labute approximate surface area is 159 Å². The van der Waals surface area contributed by atoms with Gasteiger partial charge < -0.3 is 10.1 Å². The second-order valence-corrected chi connectivity index (χ2v) is 7.31. The van der Waals surface area contributed by atoms with Gasteiger partial charge in [-0.15, -0.1) is 17.5 Å². The zero-order chi connectivity index (χ0) is 17.9. The maximum absolute atomic E-state index is 12.1. The molecule has 0 spiro atoms. The van der Waals surface area contributed by atoms with Crippen molar-refractivity contribution in [3.8, 4) is 11.4 Å². The van der Waals surface area contributed by atoms with Gasteiger partial charge in [-0.05, 0) is 11.0 Å². The topological polar surface area (TPSA) is 91.9 Å². The quantitative estimate of drug-likeness (QED) is 0.759. The third-order valence-electron chi connectivity index (χ3n) is 4.19. The number of benzene rings is 1. The monoisotopic (exact) mass is 379 g/mol. The molecule has 0 aliphatic carbocycles. The number of morpholine rings is 1. The first-order chi connectivity index (χ1) is 11.9. The van der Waals surface area contributed by atoms with Crippen molar-refractivity contribution in [2.45, 2.75) is 38.6 Å². The van der Waals surface area contributed by atoms with Gasteiger partial charge in [0.25, 0.3) is 0 Å². The highest BCUT2D eigenvalue weighted by Gasteiger charge is 2.18. The van der Waals surface area contributed by atoms with Crippen LogP contribution in [0.25, 0.3) is 11.4 Å². The van der Waals surface area contributed by atoms with Crippen LogP contribution in [0.1, 0.15) is 32.8 Å². The van der Waals surface area contributed by atoms with Gasteiger partial charge in [-0.1, -0.05) is 45.0 Å². The molecule has 3 rings (SSSR count). The summed E-state index contributed by atoms with van der Waals surface area (Å²) in [7, 11) is 0. The molecule has 1 saturated heterocycles. The number of H-pyrrole nitrogens is 1. The number of anilines is 1. The predicted octanol–water partition coefficient (Wildman–Crippen LogP) is 2.51. The molecule has 1 aliphatic rings. The molecule has 8 heteroatoms. The van der Waals surface area contributed by atoms with Crippen LogP contribution < -0.4 is 10.6 Å². The lowest BCUT2D eigenvalue weighted by Gasteiger charge is -2.22. The first-order valence-corrected chi connectivity index (χ1v) is 8.56. The Kier molecular flexibility index (Phi) is 6.75. The summed E-state index contributed by atoms with van der Waals surface area (Å²) in [5, 5.41) is 12.9. The van der Waals surface area contributed by atoms with Crippen molar-refractivity contribution >= 4 is 24.3 Å². The summed E-state index contributed by atoms with van der Waals surface area (Å²) in [6.07, 6.45) is 0.337. The number of nitrogens with one attached hydrogen (secondary N) is 3. The minimum Gasteiger partial charge on any atom is -0.378 e. The molecule has 142 valence electrons. The fraction of sp³-hybridized carbons (Fsp3) is 0.500. The molecule has 0 bridgehead atoms. The lowest BCUT2D eigenvalue weighted by Crippen LogP contribution is -2.43. The molecule has 1 amide bonds. The van der Waals surface area contributed by atoms with Crippen LogP contribution in [0.5, 0.6) is 0 Å². The smallest absolute Gasteiger partial charge is 0.249 e. The third-order valence-corrected chi connectivity index (χ3v) is 4.19. The van der Waals surface area contributed by atoms with E-state index in [0.29, 0.717) is 25.5 Å². The molecule has 7 nitrogen and oxygen atoms in total. The lowest BCUT2D eigenvalue weighted by molar-refractivity contribution is -0.117. The fourth-order valence-electron chi connectivity index (χ4n) is 2.73. The number of carbonyl (C=O) groups is 1. The highest BCUT2D eigenvalue weighted by atomic mass is 35.5. The lowest BCUT2D eigenvalue weighted by atomic mass is 9.87. The van der Waals surface area contributed by atoms with Gasteiger partial charge in [0.05, 0.1) is 13.2 Å². The van der Waals surface area contributed by atoms with Crippen LogP contribution in [-0.4, -0.2) is 46.9 Å². The van der Waals surface area contributed by atoms with Crippen LogP contribution in [0.4, 0.5) is 5.95 Å². The van der Waals surface area contributed by atoms with Crippen molar-refractivity contribution in [1.82, 2.24) is 20.5 Å². The number of carbonyl (C=O) groups excluding carboxylic acids is 1. The molecule has 1 aromatic heterocycles. The summed E-state index contributed by atoms with van der Waals surface area (Å²) in [6.45, 7) is 8.54. The minimum absolute atomic E-state index is 0. The minimum atomic E-state index is -0.128. The summed E-state index contributed by atoms with van der Waals surface area (Å²) in [5.41, 5.74) is 2.30. The fourth-order valence-corrected chi connectivity index (χ4v) is 2.73. The number of aromatic nitrogens is 3. The van der Waals surface area contributed by atoms with Crippen molar-refractivity contribution in [2.24, 2.45) is 0 Å². The molecule has 1 fully saturated rings. The number of amides is 1. The second-order valence-electron chi connectivity index (χ2n) is 7.31. The van der Waals surface area contributed by atoms with E-state index in [1.807, 2.05) is 12.1 Å². The van der Waals surface area contributed by atoms with Crippen molar-refractivity contribution in [1.29, 1.82) is 0 Å². The molecule has 2 aromatic rings. The first-order valence-electron chi connectivity index (χ1n) is 8.56. The number of aromatic amines is 1. The molecule has 0 radical (unpaired) electrons. The van der Waals surface area contributed by atoms with E-state index >= 15 is 0 Å². The van der Waals surface area contributed by atoms with Gasteiger partial charge in [-0.25, -0.2) is 0 Å². The number of ether oxygens (including phenoxy) is 1. The Hall–Kier alpha value is -1.96. The van der Waals surface area contributed by atoms with Gasteiger partial charge in [0.1, 0.15) is 0 Å². The normalized spacial score (nSPS) is 17.4. The van der Waals surface area contributed by atoms with Gasteiger partial charge in [-0.2, -0.15) is 4.98 Å². The van der Waals surface area contributed by atoms with Crippen LogP contribution in [-0.2, 0) is 14.9 Å². The summed E-state index contributed by atoms with van der Waals surface area (Å²) in [4.78, 5) is 16.4. The maximum atomic E-state index is 12.1. The molecule has 3 N–H and O–H groups in total. The number of rotatable bonds is 4. The molecule has 1 atom stereocenters. The maximum Gasteiger partial charge on any atom is 0.249 e. The van der Waals surface area contributed by atoms with Crippen molar-refractivity contribution in [3.05, 3.63) is 29.8 Å². The number of hydrogen-bond donors (Lipinski definition) is 3. The van der Waals surface area contributed by atoms with Gasteiger partial charge in [0.15, 0.2) is 5.82 Å². The van der Waals surface area contributed by atoms with Crippen molar-refractivity contribution in [2.75, 3.05) is 25.1 Å². The zero-order valence-corrected chi connectivity index (χ0v) is 16.2. The predicted molar refractivity (Wildman–Crippen MR) is 104 cm³/mol. The first kappa shape index (κ1) is 20.4. The molecular formula is C18H26ClN5O2. The Morgan fingerprint density at radius 1 is 1.31 bits per heavy atom. The highest BCUT2D eigenvalue weighted by molar-refractivity contribution is 5.89. The Bertz CT molecular complexity index is 718. The second kappa shape index (κ2) is 8.62. The Balaban J connectivity index is 0.00000243. The van der Waals surface area contributed by atoms with E-state index in [-0.39, 0.29) is 35.7 Å². The van der Waals surface area contributed by atoms with E-state index in [4.69, 9.17) is 4.74 Å². The van der Waals surface area contributed by atoms with Gasteiger partial charge >= 0.3 is 0 Å². The molecule has 1 unspecified atom stereocenters. The van der Waals surface area contributed by atoms with E-state index < -0.39 is 0 Å². The van der Waals surface area contributed by atoms with Crippen LogP contribution >= 0.6 is 12.4 Å². The zero-order valence-electron chi connectivity index (χ0n) is 15.3. The van der Waals surface area contributed by atoms with Crippen LogP contribution in [0, 0.1) is 0 Å². The third kappa shape index (κ3) is 5.27. The Morgan fingerprint density at radius 2 is 2.04 bits per heavy atom. The van der Waals surface area contributed by atoms with Crippen molar-refractivity contribution < 1.29 is 9.53 Å². The van der Waals surface area contributed by atoms with Gasteiger partial charge in [-0.3, -0.25) is 15.2 Å². The average molecular weight is 380 g/mol. The summed E-state index contributed by atoms with van der Waals surface area (Å²) < 4.78 is 5.35. The SMILES string of the molecule is CC(C)(C)c1ccc(-c2nc(NC(=O)CC3COCCN3)n[nH]2)cc1.Cl. The molecule has 1 aromatic carbocycles. The van der Waals surface area contributed by atoms with Crippen LogP contribution in [0.3, 0.4) is 0 Å². The van der Waals surface area contributed by atoms with E-state index in [1.54, 1.807) is 0 Å². The van der Waals surface area contributed by atoms with E-state index in [0.717, 1.165) is 12.1 Å². The Morgan fingerprint density at radius 3 is 2.65 bits per heavy atom. The summed E-state index contributed by atoms with van der Waals surface area (Å²) in [6, 6.07) is 8.24. The molecule has 1 aliphatic heterocycles. The van der Waals surface area contributed by atoms with Crippen LogP contribution in [0.2, 0.25) is 0 Å². The molecule has 26 heavy (non-hydrogen) atoms. The number of halogens is 1. The number of nitrogens with zero attached hydrogens (tertiary/aromatic N) is 2. The van der Waals surface area contributed by atoms with Gasteiger partial charge in [0, 0.05) is 24.6 Å². The standard InChI is InChI=1S/C18H25N5O2.ClH/c1-18(2,3)13-6-4-12(5-7-13)16-21-17(23-22-16)20-15(24)10-14-11-25-9-8-19-14;/h4-7,14,19H,8-11H2,1-3H3,(H2,20,21,22,23,24);1H. The van der Waals surface area contributed by atoms with Crippen LogP contribution in [0.15, 0.2) is 24.3 Å². The highest BCUT2D eigenvalue weighted by Crippen LogP contribution is 2.25. The van der Waals surface area contributed by atoms with Crippen molar-refractivity contribution in [3.63, 3.8) is 0 Å².